The average molecular weight is 236 g/mol. The SMILES string of the molecule is COc1cc(NCc2nc(C)cs2)ncn1. The number of aryl methyl sites for hydroxylation is 1. The number of rotatable bonds is 4. The van der Waals surface area contributed by atoms with Gasteiger partial charge < -0.3 is 10.1 Å². The zero-order valence-corrected chi connectivity index (χ0v) is 9.91. The van der Waals surface area contributed by atoms with E-state index in [0.29, 0.717) is 12.4 Å². The first-order valence-corrected chi connectivity index (χ1v) is 5.67. The summed E-state index contributed by atoms with van der Waals surface area (Å²) in [5, 5.41) is 6.23. The van der Waals surface area contributed by atoms with Crippen LogP contribution in [0, 0.1) is 6.92 Å². The Hall–Kier alpha value is -1.69. The molecule has 0 saturated heterocycles. The minimum absolute atomic E-state index is 0.549. The summed E-state index contributed by atoms with van der Waals surface area (Å²) in [6.07, 6.45) is 1.47. The van der Waals surface area contributed by atoms with Gasteiger partial charge in [0.2, 0.25) is 5.88 Å². The number of aromatic nitrogens is 3. The topological polar surface area (TPSA) is 59.9 Å². The molecule has 0 radical (unpaired) electrons. The standard InChI is InChI=1S/C10H12N4OS/c1-7-5-16-10(14-7)4-11-8-3-9(15-2)13-6-12-8/h3,5-6H,4H2,1-2H3,(H,11,12,13). The van der Waals surface area contributed by atoms with Crippen molar-refractivity contribution in [1.82, 2.24) is 15.0 Å². The second-order valence-electron chi connectivity index (χ2n) is 3.18. The minimum atomic E-state index is 0.549. The van der Waals surface area contributed by atoms with Crippen LogP contribution in [0.5, 0.6) is 5.88 Å². The lowest BCUT2D eigenvalue weighted by Gasteiger charge is -2.04. The van der Waals surface area contributed by atoms with Crippen LogP contribution < -0.4 is 10.1 Å². The summed E-state index contributed by atoms with van der Waals surface area (Å²) in [5.74, 6) is 1.28. The van der Waals surface area contributed by atoms with Crippen molar-refractivity contribution in [3.63, 3.8) is 0 Å². The Morgan fingerprint density at radius 2 is 2.31 bits per heavy atom. The molecule has 6 heteroatoms. The van der Waals surface area contributed by atoms with E-state index in [1.54, 1.807) is 24.5 Å². The van der Waals surface area contributed by atoms with Crippen LogP contribution in [0.3, 0.4) is 0 Å². The van der Waals surface area contributed by atoms with Crippen molar-refractivity contribution in [3.05, 3.63) is 28.5 Å². The Morgan fingerprint density at radius 3 is 3.00 bits per heavy atom. The summed E-state index contributed by atoms with van der Waals surface area (Å²) in [6, 6.07) is 1.75. The van der Waals surface area contributed by atoms with Gasteiger partial charge >= 0.3 is 0 Å². The average Bonchev–Trinajstić information content (AvgIpc) is 2.73. The van der Waals surface area contributed by atoms with E-state index in [9.17, 15) is 0 Å². The van der Waals surface area contributed by atoms with E-state index in [0.717, 1.165) is 16.5 Å². The van der Waals surface area contributed by atoms with Crippen LogP contribution in [-0.2, 0) is 6.54 Å². The molecule has 84 valence electrons. The molecular formula is C10H12N4OS. The molecule has 0 fully saturated rings. The van der Waals surface area contributed by atoms with Gasteiger partial charge in [-0.25, -0.2) is 15.0 Å². The van der Waals surface area contributed by atoms with E-state index in [4.69, 9.17) is 4.74 Å². The van der Waals surface area contributed by atoms with E-state index in [-0.39, 0.29) is 0 Å². The summed E-state index contributed by atoms with van der Waals surface area (Å²) in [4.78, 5) is 12.4. The van der Waals surface area contributed by atoms with E-state index >= 15 is 0 Å². The van der Waals surface area contributed by atoms with Crippen molar-refractivity contribution in [2.45, 2.75) is 13.5 Å². The van der Waals surface area contributed by atoms with Gasteiger partial charge in [-0.15, -0.1) is 11.3 Å². The number of methoxy groups -OCH3 is 1. The van der Waals surface area contributed by atoms with Gasteiger partial charge in [0.1, 0.15) is 17.2 Å². The Morgan fingerprint density at radius 1 is 1.44 bits per heavy atom. The van der Waals surface area contributed by atoms with E-state index in [1.165, 1.54) is 6.33 Å². The van der Waals surface area contributed by atoms with Crippen molar-refractivity contribution >= 4 is 17.2 Å². The number of anilines is 1. The smallest absolute Gasteiger partial charge is 0.218 e. The lowest BCUT2D eigenvalue weighted by atomic mass is 10.5. The molecule has 2 rings (SSSR count). The van der Waals surface area contributed by atoms with Gasteiger partial charge in [-0.1, -0.05) is 0 Å². The molecule has 0 bridgehead atoms. The summed E-state index contributed by atoms with van der Waals surface area (Å²) in [7, 11) is 1.58. The Labute approximate surface area is 97.5 Å². The first-order valence-electron chi connectivity index (χ1n) is 4.79. The van der Waals surface area contributed by atoms with Gasteiger partial charge in [0.25, 0.3) is 0 Å². The number of hydrogen-bond donors (Lipinski definition) is 1. The van der Waals surface area contributed by atoms with E-state index in [1.807, 2.05) is 12.3 Å². The lowest BCUT2D eigenvalue weighted by Crippen LogP contribution is -2.02. The van der Waals surface area contributed by atoms with E-state index in [2.05, 4.69) is 20.3 Å². The maximum atomic E-state index is 5.01. The van der Waals surface area contributed by atoms with Gasteiger partial charge in [0.05, 0.1) is 13.7 Å². The van der Waals surface area contributed by atoms with Crippen LogP contribution in [0.4, 0.5) is 5.82 Å². The molecule has 2 aromatic heterocycles. The normalized spacial score (nSPS) is 10.1. The highest BCUT2D eigenvalue weighted by molar-refractivity contribution is 7.09. The third-order valence-corrected chi connectivity index (χ3v) is 2.91. The largest absolute Gasteiger partial charge is 0.481 e. The first kappa shape index (κ1) is 10.8. The Balaban J connectivity index is 1.99. The molecular weight excluding hydrogens is 224 g/mol. The molecule has 2 aromatic rings. The molecule has 0 amide bonds. The highest BCUT2D eigenvalue weighted by Gasteiger charge is 2.01. The second-order valence-corrected chi connectivity index (χ2v) is 4.12. The molecule has 0 aliphatic rings. The molecule has 0 aliphatic heterocycles. The molecule has 0 aromatic carbocycles. The highest BCUT2D eigenvalue weighted by atomic mass is 32.1. The fourth-order valence-electron chi connectivity index (χ4n) is 1.20. The molecule has 0 unspecified atom stereocenters. The zero-order chi connectivity index (χ0) is 11.4. The van der Waals surface area contributed by atoms with Gasteiger partial charge in [-0.2, -0.15) is 0 Å². The molecule has 1 N–H and O–H groups in total. The Bertz CT molecular complexity index is 471. The van der Waals surface area contributed by atoms with Crippen molar-refractivity contribution in [2.75, 3.05) is 12.4 Å². The molecule has 0 aliphatic carbocycles. The molecule has 0 saturated carbocycles. The van der Waals surface area contributed by atoms with Crippen LogP contribution in [0.25, 0.3) is 0 Å². The van der Waals surface area contributed by atoms with Crippen LogP contribution >= 0.6 is 11.3 Å². The van der Waals surface area contributed by atoms with E-state index < -0.39 is 0 Å². The number of nitrogens with zero attached hydrogens (tertiary/aromatic N) is 3. The van der Waals surface area contributed by atoms with Gasteiger partial charge in [-0.3, -0.25) is 0 Å². The predicted molar refractivity (Wildman–Crippen MR) is 62.8 cm³/mol. The lowest BCUT2D eigenvalue weighted by molar-refractivity contribution is 0.397. The highest BCUT2D eigenvalue weighted by Crippen LogP contribution is 2.13. The number of nitrogens with one attached hydrogen (secondary N) is 1. The van der Waals surface area contributed by atoms with Gasteiger partial charge in [0.15, 0.2) is 0 Å². The van der Waals surface area contributed by atoms with Crippen molar-refractivity contribution in [2.24, 2.45) is 0 Å². The van der Waals surface area contributed by atoms with Gasteiger partial charge in [0, 0.05) is 17.1 Å². The van der Waals surface area contributed by atoms with Crippen molar-refractivity contribution < 1.29 is 4.74 Å². The molecule has 5 nitrogen and oxygen atoms in total. The van der Waals surface area contributed by atoms with Crippen LogP contribution in [0.2, 0.25) is 0 Å². The molecule has 0 spiro atoms. The van der Waals surface area contributed by atoms with Crippen molar-refractivity contribution in [1.29, 1.82) is 0 Å². The second kappa shape index (κ2) is 4.89. The zero-order valence-electron chi connectivity index (χ0n) is 9.10. The van der Waals surface area contributed by atoms with Crippen LogP contribution in [0.1, 0.15) is 10.7 Å². The monoisotopic (exact) mass is 236 g/mol. The Kier molecular flexibility index (Phi) is 3.31. The quantitative estimate of drug-likeness (QED) is 0.878. The van der Waals surface area contributed by atoms with Crippen LogP contribution in [0.15, 0.2) is 17.8 Å². The van der Waals surface area contributed by atoms with Gasteiger partial charge in [-0.05, 0) is 6.92 Å². The maximum Gasteiger partial charge on any atom is 0.218 e. The molecule has 0 atom stereocenters. The summed E-state index contributed by atoms with van der Waals surface area (Å²) < 4.78 is 5.01. The minimum Gasteiger partial charge on any atom is -0.481 e. The summed E-state index contributed by atoms with van der Waals surface area (Å²) in [6.45, 7) is 2.65. The number of ether oxygens (including phenoxy) is 1. The fraction of sp³-hybridized carbons (Fsp3) is 0.300. The number of hydrogen-bond acceptors (Lipinski definition) is 6. The summed E-state index contributed by atoms with van der Waals surface area (Å²) >= 11 is 1.63. The summed E-state index contributed by atoms with van der Waals surface area (Å²) in [5.41, 5.74) is 1.04. The van der Waals surface area contributed by atoms with Crippen molar-refractivity contribution in [3.8, 4) is 5.88 Å². The third kappa shape index (κ3) is 2.66. The number of thiazole rings is 1. The third-order valence-electron chi connectivity index (χ3n) is 1.94. The molecule has 2 heterocycles. The molecule has 16 heavy (non-hydrogen) atoms. The maximum absolute atomic E-state index is 5.01. The first-order chi connectivity index (χ1) is 7.78. The van der Waals surface area contributed by atoms with Crippen LogP contribution in [-0.4, -0.2) is 22.1 Å². The fourth-order valence-corrected chi connectivity index (χ4v) is 1.91. The predicted octanol–water partition coefficient (Wildman–Crippen LogP) is 1.86.